The number of hydrogen-bond donors (Lipinski definition) is 0. The molecule has 2 heteroatoms. The maximum atomic E-state index is 4.60. The normalized spacial score (nSPS) is 14.2. The van der Waals surface area contributed by atoms with Crippen LogP contribution in [0.4, 0.5) is 34.1 Å². The minimum absolute atomic E-state index is 0.0760. The number of benzene rings is 7. The molecule has 0 radical (unpaired) electrons. The standard InChI is InChI=1S/C46H38N2.C3H4/c1-45(2)37-19-10-11-22-42(37)48-43-29-26-33(30-40(43)46(3,4)39-21-13-20-38(45)44(39)48)31-24-27-35(28-25-31)47(34-16-6-5-7-17-34)41-23-12-15-32-14-8-9-18-36(32)41;1-3-2/h5-30H,1-4H3;1H,2H3. The Bertz CT molecular complexity index is 2440. The Morgan fingerprint density at radius 1 is 0.510 bits per heavy atom. The lowest BCUT2D eigenvalue weighted by Crippen LogP contribution is -2.38. The molecule has 0 N–H and O–H groups in total. The van der Waals surface area contributed by atoms with E-state index < -0.39 is 0 Å². The van der Waals surface area contributed by atoms with Gasteiger partial charge in [0.1, 0.15) is 0 Å². The molecule has 51 heavy (non-hydrogen) atoms. The lowest BCUT2D eigenvalue weighted by molar-refractivity contribution is 0.597. The predicted octanol–water partition coefficient (Wildman–Crippen LogP) is 13.4. The fourth-order valence-corrected chi connectivity index (χ4v) is 8.27. The van der Waals surface area contributed by atoms with E-state index in [0.717, 1.165) is 11.4 Å². The number of nitrogens with zero attached hydrogens (tertiary/aromatic N) is 2. The second kappa shape index (κ2) is 12.4. The first-order chi connectivity index (χ1) is 24.8. The Hall–Kier alpha value is -6.04. The first-order valence-electron chi connectivity index (χ1n) is 17.7. The van der Waals surface area contributed by atoms with Crippen LogP contribution in [0, 0.1) is 12.3 Å². The summed E-state index contributed by atoms with van der Waals surface area (Å²) in [7, 11) is 0. The van der Waals surface area contributed by atoms with Crippen LogP contribution in [0.3, 0.4) is 0 Å². The number of hydrogen-bond acceptors (Lipinski definition) is 2. The van der Waals surface area contributed by atoms with Gasteiger partial charge in [-0.1, -0.05) is 137 Å². The van der Waals surface area contributed by atoms with E-state index in [1.807, 2.05) is 0 Å². The van der Waals surface area contributed by atoms with E-state index in [2.05, 4.69) is 208 Å². The van der Waals surface area contributed by atoms with Gasteiger partial charge in [0, 0.05) is 27.6 Å². The molecule has 9 rings (SSSR count). The summed E-state index contributed by atoms with van der Waals surface area (Å²) in [5, 5.41) is 2.47. The topological polar surface area (TPSA) is 6.48 Å². The van der Waals surface area contributed by atoms with Crippen molar-refractivity contribution in [3.63, 3.8) is 0 Å². The van der Waals surface area contributed by atoms with Gasteiger partial charge in [0.15, 0.2) is 0 Å². The van der Waals surface area contributed by atoms with Crippen molar-refractivity contribution in [3.05, 3.63) is 180 Å². The summed E-state index contributed by atoms with van der Waals surface area (Å²) in [4.78, 5) is 4.90. The molecule has 0 aliphatic carbocycles. The van der Waals surface area contributed by atoms with Gasteiger partial charge in [0.25, 0.3) is 0 Å². The molecule has 0 spiro atoms. The minimum Gasteiger partial charge on any atom is -0.310 e. The smallest absolute Gasteiger partial charge is 0.0543 e. The second-order valence-electron chi connectivity index (χ2n) is 14.5. The van der Waals surface area contributed by atoms with Crippen LogP contribution >= 0.6 is 0 Å². The first-order valence-corrected chi connectivity index (χ1v) is 17.7. The first kappa shape index (κ1) is 32.2. The van der Waals surface area contributed by atoms with Gasteiger partial charge in [-0.25, -0.2) is 0 Å². The molecule has 0 bridgehead atoms. The summed E-state index contributed by atoms with van der Waals surface area (Å²) in [6.45, 7) is 11.2. The summed E-state index contributed by atoms with van der Waals surface area (Å²) in [5.41, 5.74) is 15.1. The van der Waals surface area contributed by atoms with E-state index in [1.165, 1.54) is 66.9 Å². The van der Waals surface area contributed by atoms with E-state index in [-0.39, 0.29) is 10.8 Å². The molecule has 2 nitrogen and oxygen atoms in total. The molecule has 0 atom stereocenters. The molecule has 0 aromatic heterocycles. The molecule has 0 fully saturated rings. The maximum absolute atomic E-state index is 4.60. The van der Waals surface area contributed by atoms with E-state index in [0.29, 0.717) is 0 Å². The highest BCUT2D eigenvalue weighted by molar-refractivity contribution is 5.99. The number of rotatable bonds is 4. The monoisotopic (exact) mass is 658 g/mol. The number of terminal acetylenes is 1. The highest BCUT2D eigenvalue weighted by Crippen LogP contribution is 2.60. The van der Waals surface area contributed by atoms with Crippen molar-refractivity contribution in [2.24, 2.45) is 0 Å². The summed E-state index contributed by atoms with van der Waals surface area (Å²) < 4.78 is 0. The van der Waals surface area contributed by atoms with Gasteiger partial charge in [-0.15, -0.1) is 12.3 Å². The molecule has 0 unspecified atom stereocenters. The summed E-state index contributed by atoms with van der Waals surface area (Å²) in [5.74, 6) is 2.25. The number of fused-ring (bicyclic) bond motifs is 5. The molecule has 248 valence electrons. The zero-order chi connectivity index (χ0) is 35.3. The zero-order valence-electron chi connectivity index (χ0n) is 30.0. The summed E-state index contributed by atoms with van der Waals surface area (Å²) in [6, 6.07) is 57.9. The lowest BCUT2D eigenvalue weighted by Gasteiger charge is -2.49. The zero-order valence-corrected chi connectivity index (χ0v) is 30.0. The van der Waals surface area contributed by atoms with Crippen molar-refractivity contribution >= 4 is 44.9 Å². The molecule has 0 amide bonds. The number of para-hydroxylation sites is 3. The van der Waals surface area contributed by atoms with Crippen LogP contribution in [0.15, 0.2) is 158 Å². The van der Waals surface area contributed by atoms with E-state index in [1.54, 1.807) is 6.92 Å². The van der Waals surface area contributed by atoms with E-state index in [9.17, 15) is 0 Å². The third-order valence-electron chi connectivity index (χ3n) is 10.8. The van der Waals surface area contributed by atoms with Crippen molar-refractivity contribution in [1.82, 2.24) is 0 Å². The van der Waals surface area contributed by atoms with Gasteiger partial charge in [-0.2, -0.15) is 0 Å². The van der Waals surface area contributed by atoms with Crippen LogP contribution in [-0.2, 0) is 10.8 Å². The van der Waals surface area contributed by atoms with Crippen LogP contribution in [0.5, 0.6) is 0 Å². The van der Waals surface area contributed by atoms with Crippen LogP contribution in [0.2, 0.25) is 0 Å². The van der Waals surface area contributed by atoms with Gasteiger partial charge >= 0.3 is 0 Å². The van der Waals surface area contributed by atoms with Crippen LogP contribution in [-0.4, -0.2) is 0 Å². The fourth-order valence-electron chi connectivity index (χ4n) is 8.27. The van der Waals surface area contributed by atoms with Crippen molar-refractivity contribution < 1.29 is 0 Å². The van der Waals surface area contributed by atoms with Gasteiger partial charge in [-0.05, 0) is 94.2 Å². The molecule has 0 saturated heterocycles. The van der Waals surface area contributed by atoms with Gasteiger partial charge < -0.3 is 9.80 Å². The molecule has 7 aromatic carbocycles. The second-order valence-corrected chi connectivity index (χ2v) is 14.5. The average Bonchev–Trinajstić information content (AvgIpc) is 3.16. The Kier molecular flexibility index (Phi) is 7.81. The molecular formula is C49H42N2. The Morgan fingerprint density at radius 2 is 1.04 bits per heavy atom. The van der Waals surface area contributed by atoms with Crippen molar-refractivity contribution in [1.29, 1.82) is 0 Å². The summed E-state index contributed by atoms with van der Waals surface area (Å²) >= 11 is 0. The van der Waals surface area contributed by atoms with Gasteiger partial charge in [0.05, 0.1) is 22.7 Å². The van der Waals surface area contributed by atoms with E-state index in [4.69, 9.17) is 0 Å². The quantitative estimate of drug-likeness (QED) is 0.174. The van der Waals surface area contributed by atoms with Crippen molar-refractivity contribution in [2.75, 3.05) is 9.80 Å². The highest BCUT2D eigenvalue weighted by atomic mass is 15.2. The highest BCUT2D eigenvalue weighted by Gasteiger charge is 2.45. The van der Waals surface area contributed by atoms with Crippen molar-refractivity contribution in [2.45, 2.75) is 45.4 Å². The molecule has 0 saturated carbocycles. The predicted molar refractivity (Wildman–Crippen MR) is 218 cm³/mol. The molecule has 2 heterocycles. The number of anilines is 6. The van der Waals surface area contributed by atoms with Crippen molar-refractivity contribution in [3.8, 4) is 23.5 Å². The minimum atomic E-state index is -0.159. The molecule has 2 aliphatic heterocycles. The van der Waals surface area contributed by atoms with Crippen LogP contribution in [0.1, 0.15) is 56.9 Å². The molecule has 7 aromatic rings. The Morgan fingerprint density at radius 3 is 1.78 bits per heavy atom. The largest absolute Gasteiger partial charge is 0.310 e. The van der Waals surface area contributed by atoms with Gasteiger partial charge in [0.2, 0.25) is 0 Å². The van der Waals surface area contributed by atoms with Crippen LogP contribution in [0.25, 0.3) is 21.9 Å². The fraction of sp³-hybridized carbons (Fsp3) is 0.143. The Balaban J connectivity index is 0.00000121. The third-order valence-corrected chi connectivity index (χ3v) is 10.8. The molecular weight excluding hydrogens is 617 g/mol. The summed E-state index contributed by atoms with van der Waals surface area (Å²) in [6.07, 6.45) is 4.60. The molecule has 2 aliphatic rings. The van der Waals surface area contributed by atoms with E-state index >= 15 is 0 Å². The Labute approximate surface area is 302 Å². The maximum Gasteiger partial charge on any atom is 0.0543 e. The SMILES string of the molecule is C#CC.CC1(C)c2ccccc2N2c3ccc(-c4ccc(N(c5ccccc5)c5cccc6ccccc56)cc4)cc3C(C)(C)c3cccc1c32. The van der Waals surface area contributed by atoms with Crippen LogP contribution < -0.4 is 9.80 Å². The lowest BCUT2D eigenvalue weighted by atomic mass is 9.66. The average molecular weight is 659 g/mol. The van der Waals surface area contributed by atoms with Gasteiger partial charge in [-0.3, -0.25) is 0 Å². The third kappa shape index (κ3) is 5.12.